The van der Waals surface area contributed by atoms with E-state index in [1.165, 1.54) is 0 Å². The Morgan fingerprint density at radius 3 is 2.62 bits per heavy atom. The van der Waals surface area contributed by atoms with E-state index in [-0.39, 0.29) is 32.2 Å². The monoisotopic (exact) mass is 294 g/mol. The minimum absolute atomic E-state index is 0.0702. The van der Waals surface area contributed by atoms with Crippen molar-refractivity contribution in [1.29, 1.82) is 0 Å². The third-order valence-electron chi connectivity index (χ3n) is 3.40. The summed E-state index contributed by atoms with van der Waals surface area (Å²) in [7, 11) is 0. The molecular formula is C14H18N2O5. The van der Waals surface area contributed by atoms with E-state index in [0.717, 1.165) is 10.5 Å². The van der Waals surface area contributed by atoms with Crippen molar-refractivity contribution in [3.05, 3.63) is 35.9 Å². The molecule has 1 unspecified atom stereocenters. The van der Waals surface area contributed by atoms with E-state index in [9.17, 15) is 14.7 Å². The lowest BCUT2D eigenvalue weighted by Gasteiger charge is -2.14. The van der Waals surface area contributed by atoms with Crippen molar-refractivity contribution >= 4 is 12.2 Å². The number of carboxylic acid groups (broad SMARTS) is 1. The molecule has 1 aromatic carbocycles. The molecule has 0 radical (unpaired) electrons. The van der Waals surface area contributed by atoms with Gasteiger partial charge in [0.1, 0.15) is 6.61 Å². The maximum Gasteiger partial charge on any atom is 0.407 e. The molecule has 1 saturated heterocycles. The topological polar surface area (TPSA) is 99.1 Å². The van der Waals surface area contributed by atoms with Gasteiger partial charge in [0.05, 0.1) is 12.6 Å². The zero-order chi connectivity index (χ0) is 15.2. The summed E-state index contributed by atoms with van der Waals surface area (Å²) < 4.78 is 5.04. The lowest BCUT2D eigenvalue weighted by atomic mass is 10.1. The van der Waals surface area contributed by atoms with Crippen LogP contribution in [0.5, 0.6) is 0 Å². The maximum atomic E-state index is 11.6. The van der Waals surface area contributed by atoms with Crippen LogP contribution in [0.4, 0.5) is 9.59 Å². The van der Waals surface area contributed by atoms with Gasteiger partial charge in [-0.2, -0.15) is 0 Å². The number of aliphatic hydroxyl groups is 1. The molecule has 7 nitrogen and oxygen atoms in total. The second-order valence-corrected chi connectivity index (χ2v) is 4.96. The van der Waals surface area contributed by atoms with Crippen molar-refractivity contribution < 1.29 is 24.5 Å². The number of nitrogens with zero attached hydrogens (tertiary/aromatic N) is 1. The second kappa shape index (κ2) is 6.94. The van der Waals surface area contributed by atoms with Gasteiger partial charge in [-0.25, -0.2) is 9.59 Å². The van der Waals surface area contributed by atoms with Gasteiger partial charge in [0.2, 0.25) is 0 Å². The number of likely N-dealkylation sites (tertiary alicyclic amines) is 1. The second-order valence-electron chi connectivity index (χ2n) is 4.96. The summed E-state index contributed by atoms with van der Waals surface area (Å²) in [6.07, 6.45) is -2.42. The van der Waals surface area contributed by atoms with Crippen molar-refractivity contribution in [3.8, 4) is 0 Å². The van der Waals surface area contributed by atoms with E-state index in [1.54, 1.807) is 0 Å². The highest BCUT2D eigenvalue weighted by atomic mass is 16.5. The van der Waals surface area contributed by atoms with Gasteiger partial charge in [0.25, 0.3) is 0 Å². The normalized spacial score (nSPS) is 21.1. The Kier molecular flexibility index (Phi) is 4.99. The number of alkyl carbamates (subject to hydrolysis) is 1. The minimum Gasteiger partial charge on any atom is -0.465 e. The molecule has 2 atom stereocenters. The molecule has 0 bridgehead atoms. The van der Waals surface area contributed by atoms with Crippen molar-refractivity contribution in [2.45, 2.75) is 12.7 Å². The fraction of sp³-hybridized carbons (Fsp3) is 0.429. The van der Waals surface area contributed by atoms with Crippen LogP contribution in [0.3, 0.4) is 0 Å². The number of rotatable bonds is 4. The van der Waals surface area contributed by atoms with E-state index < -0.39 is 18.3 Å². The maximum absolute atomic E-state index is 11.6. The molecule has 1 aromatic rings. The molecule has 7 heteroatoms. The van der Waals surface area contributed by atoms with Crippen LogP contribution < -0.4 is 5.32 Å². The highest BCUT2D eigenvalue weighted by Gasteiger charge is 2.34. The summed E-state index contributed by atoms with van der Waals surface area (Å²) in [6.45, 7) is 0.621. The molecule has 114 valence electrons. The number of β-amino-alcohol motifs (C(OH)–C–C–N with tert-alkyl or cyclic N) is 1. The Labute approximate surface area is 122 Å². The van der Waals surface area contributed by atoms with Crippen LogP contribution in [-0.2, 0) is 11.3 Å². The van der Waals surface area contributed by atoms with Crippen molar-refractivity contribution in [2.24, 2.45) is 5.92 Å². The first-order valence-electron chi connectivity index (χ1n) is 6.66. The quantitative estimate of drug-likeness (QED) is 0.765. The highest BCUT2D eigenvalue weighted by Crippen LogP contribution is 2.16. The number of amides is 2. The first kappa shape index (κ1) is 15.1. The van der Waals surface area contributed by atoms with E-state index in [4.69, 9.17) is 9.84 Å². The van der Waals surface area contributed by atoms with E-state index in [1.807, 2.05) is 30.3 Å². The average Bonchev–Trinajstić information content (AvgIpc) is 2.85. The minimum atomic E-state index is -1.07. The zero-order valence-electron chi connectivity index (χ0n) is 11.4. The fourth-order valence-corrected chi connectivity index (χ4v) is 2.20. The number of benzene rings is 1. The summed E-state index contributed by atoms with van der Waals surface area (Å²) in [5.74, 6) is -0.314. The summed E-state index contributed by atoms with van der Waals surface area (Å²) in [6, 6.07) is 9.27. The van der Waals surface area contributed by atoms with E-state index >= 15 is 0 Å². The molecule has 21 heavy (non-hydrogen) atoms. The summed E-state index contributed by atoms with van der Waals surface area (Å²) in [5.41, 5.74) is 0.880. The third-order valence-corrected chi connectivity index (χ3v) is 3.40. The van der Waals surface area contributed by atoms with Crippen LogP contribution in [0, 0.1) is 5.92 Å². The van der Waals surface area contributed by atoms with Crippen molar-refractivity contribution in [3.63, 3.8) is 0 Å². The van der Waals surface area contributed by atoms with Crippen LogP contribution in [0.15, 0.2) is 30.3 Å². The van der Waals surface area contributed by atoms with Gasteiger partial charge in [-0.1, -0.05) is 30.3 Å². The zero-order valence-corrected chi connectivity index (χ0v) is 11.4. The first-order valence-corrected chi connectivity index (χ1v) is 6.66. The van der Waals surface area contributed by atoms with Crippen LogP contribution >= 0.6 is 0 Å². The molecule has 0 saturated carbocycles. The largest absolute Gasteiger partial charge is 0.465 e. The van der Waals surface area contributed by atoms with Gasteiger partial charge in [-0.05, 0) is 5.56 Å². The van der Waals surface area contributed by atoms with Gasteiger partial charge in [0, 0.05) is 19.0 Å². The molecule has 0 aliphatic carbocycles. The van der Waals surface area contributed by atoms with Gasteiger partial charge in [-0.15, -0.1) is 0 Å². The molecule has 1 fully saturated rings. The molecule has 1 heterocycles. The summed E-state index contributed by atoms with van der Waals surface area (Å²) >= 11 is 0. The molecule has 0 aromatic heterocycles. The Hall–Kier alpha value is -2.28. The highest BCUT2D eigenvalue weighted by molar-refractivity contribution is 5.67. The summed E-state index contributed by atoms with van der Waals surface area (Å²) in [4.78, 5) is 23.5. The smallest absolute Gasteiger partial charge is 0.407 e. The average molecular weight is 294 g/mol. The molecule has 2 rings (SSSR count). The van der Waals surface area contributed by atoms with Crippen LogP contribution in [-0.4, -0.2) is 53.0 Å². The van der Waals surface area contributed by atoms with Crippen LogP contribution in [0.2, 0.25) is 0 Å². The number of aliphatic hydroxyl groups excluding tert-OH is 1. The Bertz CT molecular complexity index is 493. The van der Waals surface area contributed by atoms with Gasteiger partial charge in [-0.3, -0.25) is 0 Å². The SMILES string of the molecule is O=C(NC[C@H]1CN(C(=O)O)CC1O)OCc1ccccc1. The lowest BCUT2D eigenvalue weighted by Crippen LogP contribution is -2.34. The molecule has 2 amide bonds. The predicted octanol–water partition coefficient (Wildman–Crippen LogP) is 0.883. The number of ether oxygens (including phenoxy) is 1. The number of hydrogen-bond donors (Lipinski definition) is 3. The van der Waals surface area contributed by atoms with Gasteiger partial charge >= 0.3 is 12.2 Å². The van der Waals surface area contributed by atoms with Crippen molar-refractivity contribution in [1.82, 2.24) is 10.2 Å². The molecule has 0 spiro atoms. The number of carbonyl (C=O) groups is 2. The number of hydrogen-bond acceptors (Lipinski definition) is 4. The molecular weight excluding hydrogens is 276 g/mol. The fourth-order valence-electron chi connectivity index (χ4n) is 2.20. The Balaban J connectivity index is 1.71. The summed E-state index contributed by atoms with van der Waals surface area (Å²) in [5, 5.41) is 21.1. The molecule has 1 aliphatic heterocycles. The third kappa shape index (κ3) is 4.35. The van der Waals surface area contributed by atoms with Crippen LogP contribution in [0.25, 0.3) is 0 Å². The standard InChI is InChI=1S/C14H18N2O5/c17-12-8-16(14(19)20)7-11(12)6-15-13(18)21-9-10-4-2-1-3-5-10/h1-5,11-12,17H,6-9H2,(H,15,18)(H,19,20)/t11-,12?/m0/s1. The van der Waals surface area contributed by atoms with E-state index in [2.05, 4.69) is 5.32 Å². The number of carbonyl (C=O) groups excluding carboxylic acids is 1. The predicted molar refractivity (Wildman–Crippen MR) is 73.7 cm³/mol. The first-order chi connectivity index (χ1) is 10.1. The van der Waals surface area contributed by atoms with E-state index in [0.29, 0.717) is 0 Å². The Morgan fingerprint density at radius 1 is 1.29 bits per heavy atom. The van der Waals surface area contributed by atoms with Crippen molar-refractivity contribution in [2.75, 3.05) is 19.6 Å². The number of nitrogens with one attached hydrogen (secondary N) is 1. The van der Waals surface area contributed by atoms with Crippen LogP contribution in [0.1, 0.15) is 5.56 Å². The lowest BCUT2D eigenvalue weighted by molar-refractivity contribution is 0.122. The Morgan fingerprint density at radius 2 is 2.00 bits per heavy atom. The molecule has 3 N–H and O–H groups in total. The van der Waals surface area contributed by atoms with Gasteiger partial charge in [0.15, 0.2) is 0 Å². The van der Waals surface area contributed by atoms with Gasteiger partial charge < -0.3 is 25.2 Å². The molecule has 1 aliphatic rings.